The van der Waals surface area contributed by atoms with Crippen LogP contribution in [0.5, 0.6) is 0 Å². The Labute approximate surface area is 189 Å². The summed E-state index contributed by atoms with van der Waals surface area (Å²) in [5.74, 6) is -0.0601. The smallest absolute Gasteiger partial charge is 0.335 e. The molecule has 0 heterocycles. The summed E-state index contributed by atoms with van der Waals surface area (Å²) in [5, 5.41) is 52.1. The van der Waals surface area contributed by atoms with E-state index in [0.717, 1.165) is 51.4 Å². The highest BCUT2D eigenvalue weighted by molar-refractivity contribution is 5.91. The molecule has 0 amide bonds. The van der Waals surface area contributed by atoms with Gasteiger partial charge in [-0.1, -0.05) is 0 Å². The second-order valence-corrected chi connectivity index (χ2v) is 8.69. The van der Waals surface area contributed by atoms with Crippen LogP contribution in [0.1, 0.15) is 72.1 Å². The number of hydrogen-bond acceptors (Lipinski definition) is 6. The Kier molecular flexibility index (Phi) is 13.8. The van der Waals surface area contributed by atoms with Crippen LogP contribution in [-0.2, 0) is 0 Å². The van der Waals surface area contributed by atoms with Crippen molar-refractivity contribution in [2.24, 2.45) is 23.7 Å². The van der Waals surface area contributed by atoms with Crippen LogP contribution in [0.3, 0.4) is 0 Å². The largest absolute Gasteiger partial charge is 0.478 e. The SMILES string of the molecule is O=C(O)c1ccc(C(=O)O)cc1.OCC1CCC(CO)CC1.OCC1CCC(CO)CC1. The monoisotopic (exact) mass is 454 g/mol. The fourth-order valence-electron chi connectivity index (χ4n) is 3.95. The number of hydrogen-bond donors (Lipinski definition) is 6. The van der Waals surface area contributed by atoms with E-state index in [4.69, 9.17) is 30.6 Å². The second kappa shape index (κ2) is 15.7. The van der Waals surface area contributed by atoms with Gasteiger partial charge in [-0.25, -0.2) is 9.59 Å². The molecular weight excluding hydrogens is 416 g/mol. The van der Waals surface area contributed by atoms with Gasteiger partial charge >= 0.3 is 11.9 Å². The number of aliphatic hydroxyl groups is 4. The molecule has 2 fully saturated rings. The van der Waals surface area contributed by atoms with Crippen LogP contribution in [-0.4, -0.2) is 69.0 Å². The number of carboxylic acid groups (broad SMARTS) is 2. The van der Waals surface area contributed by atoms with Gasteiger partial charge in [-0.15, -0.1) is 0 Å². The van der Waals surface area contributed by atoms with Crippen LogP contribution in [0.4, 0.5) is 0 Å². The standard InChI is InChI=1S/C8H6O4.2C8H16O2/c9-7(10)5-1-2-6(4-3-5)8(11)12;2*9-5-7-1-2-8(6-10)4-3-7/h1-4H,(H,9,10)(H,11,12);2*7-10H,1-6H2. The van der Waals surface area contributed by atoms with Crippen molar-refractivity contribution in [1.82, 2.24) is 0 Å². The molecule has 1 aromatic carbocycles. The highest BCUT2D eigenvalue weighted by atomic mass is 16.4. The molecule has 0 saturated heterocycles. The lowest BCUT2D eigenvalue weighted by Crippen LogP contribution is -2.19. The van der Waals surface area contributed by atoms with Crippen LogP contribution in [0.15, 0.2) is 24.3 Å². The molecule has 32 heavy (non-hydrogen) atoms. The van der Waals surface area contributed by atoms with Gasteiger partial charge in [-0.3, -0.25) is 0 Å². The summed E-state index contributed by atoms with van der Waals surface area (Å²) in [7, 11) is 0. The molecule has 8 nitrogen and oxygen atoms in total. The normalized spacial score (nSPS) is 24.9. The van der Waals surface area contributed by atoms with Crippen molar-refractivity contribution in [3.8, 4) is 0 Å². The van der Waals surface area contributed by atoms with Gasteiger partial charge in [0.05, 0.1) is 11.1 Å². The quantitative estimate of drug-likeness (QED) is 0.383. The molecule has 0 unspecified atom stereocenters. The van der Waals surface area contributed by atoms with E-state index < -0.39 is 11.9 Å². The van der Waals surface area contributed by atoms with Gasteiger partial charge in [0, 0.05) is 26.4 Å². The molecule has 0 radical (unpaired) electrons. The Bertz CT molecular complexity index is 563. The van der Waals surface area contributed by atoms with Crippen molar-refractivity contribution in [3.05, 3.63) is 35.4 Å². The Balaban J connectivity index is 0.000000241. The zero-order chi connectivity index (χ0) is 23.9. The Hall–Kier alpha value is -2.00. The van der Waals surface area contributed by atoms with Crippen LogP contribution < -0.4 is 0 Å². The van der Waals surface area contributed by atoms with Gasteiger partial charge in [0.15, 0.2) is 0 Å². The van der Waals surface area contributed by atoms with E-state index in [-0.39, 0.29) is 11.1 Å². The lowest BCUT2D eigenvalue weighted by molar-refractivity contribution is 0.0681. The lowest BCUT2D eigenvalue weighted by Gasteiger charge is -2.25. The van der Waals surface area contributed by atoms with Crippen LogP contribution in [0.25, 0.3) is 0 Å². The minimum atomic E-state index is -1.06. The molecule has 0 aliphatic heterocycles. The number of benzene rings is 1. The van der Waals surface area contributed by atoms with Gasteiger partial charge in [0.25, 0.3) is 0 Å². The molecule has 2 saturated carbocycles. The third-order valence-corrected chi connectivity index (χ3v) is 6.34. The van der Waals surface area contributed by atoms with Crippen molar-refractivity contribution in [2.45, 2.75) is 51.4 Å². The summed E-state index contributed by atoms with van der Waals surface area (Å²) in [5.41, 5.74) is 0.167. The third-order valence-electron chi connectivity index (χ3n) is 6.34. The Morgan fingerprint density at radius 3 is 0.844 bits per heavy atom. The average molecular weight is 455 g/mol. The maximum Gasteiger partial charge on any atom is 0.335 e. The summed E-state index contributed by atoms with van der Waals surface area (Å²) in [6.45, 7) is 1.33. The molecule has 0 aromatic heterocycles. The number of carboxylic acids is 2. The van der Waals surface area contributed by atoms with Crippen LogP contribution in [0, 0.1) is 23.7 Å². The number of aromatic carboxylic acids is 2. The Morgan fingerprint density at radius 2 is 0.719 bits per heavy atom. The van der Waals surface area contributed by atoms with E-state index >= 15 is 0 Å². The fourth-order valence-corrected chi connectivity index (χ4v) is 3.95. The zero-order valence-electron chi connectivity index (χ0n) is 18.6. The minimum Gasteiger partial charge on any atom is -0.478 e. The summed E-state index contributed by atoms with van der Waals surface area (Å²) in [4.78, 5) is 20.7. The van der Waals surface area contributed by atoms with Crippen LogP contribution in [0.2, 0.25) is 0 Å². The van der Waals surface area contributed by atoms with E-state index in [1.54, 1.807) is 0 Å². The Morgan fingerprint density at radius 1 is 0.531 bits per heavy atom. The van der Waals surface area contributed by atoms with Crippen molar-refractivity contribution < 1.29 is 40.2 Å². The topological polar surface area (TPSA) is 156 Å². The van der Waals surface area contributed by atoms with Gasteiger partial charge < -0.3 is 30.6 Å². The molecule has 2 aliphatic rings. The second-order valence-electron chi connectivity index (χ2n) is 8.69. The van der Waals surface area contributed by atoms with Crippen molar-refractivity contribution in [1.29, 1.82) is 0 Å². The molecule has 1 aromatic rings. The lowest BCUT2D eigenvalue weighted by atomic mass is 9.83. The molecular formula is C24H38O8. The highest BCUT2D eigenvalue weighted by Crippen LogP contribution is 2.28. The van der Waals surface area contributed by atoms with Crippen LogP contribution >= 0.6 is 0 Å². The predicted molar refractivity (Wildman–Crippen MR) is 120 cm³/mol. The summed E-state index contributed by atoms with van der Waals surface area (Å²) in [6, 6.07) is 5.02. The van der Waals surface area contributed by atoms with Crippen molar-refractivity contribution in [3.63, 3.8) is 0 Å². The fraction of sp³-hybridized carbons (Fsp3) is 0.667. The van der Waals surface area contributed by atoms with Gasteiger partial charge in [0.2, 0.25) is 0 Å². The van der Waals surface area contributed by atoms with E-state index in [9.17, 15) is 9.59 Å². The zero-order valence-corrected chi connectivity index (χ0v) is 18.6. The van der Waals surface area contributed by atoms with Crippen molar-refractivity contribution >= 4 is 11.9 Å². The summed E-state index contributed by atoms with van der Waals surface area (Å²) >= 11 is 0. The summed E-state index contributed by atoms with van der Waals surface area (Å²) < 4.78 is 0. The first-order valence-electron chi connectivity index (χ1n) is 11.3. The molecule has 3 rings (SSSR count). The first-order chi connectivity index (χ1) is 15.3. The minimum absolute atomic E-state index is 0.0833. The van der Waals surface area contributed by atoms with Gasteiger partial charge in [-0.2, -0.15) is 0 Å². The number of carbonyl (C=O) groups is 2. The predicted octanol–water partition coefficient (Wildman–Crippen LogP) is 2.64. The van der Waals surface area contributed by atoms with Gasteiger partial charge in [0.1, 0.15) is 0 Å². The molecule has 182 valence electrons. The molecule has 0 atom stereocenters. The maximum absolute atomic E-state index is 10.3. The molecule has 0 bridgehead atoms. The highest BCUT2D eigenvalue weighted by Gasteiger charge is 2.20. The van der Waals surface area contributed by atoms with E-state index in [2.05, 4.69) is 0 Å². The van der Waals surface area contributed by atoms with E-state index in [1.807, 2.05) is 0 Å². The van der Waals surface area contributed by atoms with Crippen molar-refractivity contribution in [2.75, 3.05) is 26.4 Å². The molecule has 8 heteroatoms. The number of aliphatic hydroxyl groups excluding tert-OH is 4. The first kappa shape index (κ1) is 28.0. The summed E-state index contributed by atoms with van der Waals surface area (Å²) in [6.07, 6.45) is 8.79. The average Bonchev–Trinajstić information content (AvgIpc) is 2.85. The first-order valence-corrected chi connectivity index (χ1v) is 11.3. The number of rotatable bonds is 6. The molecule has 2 aliphatic carbocycles. The van der Waals surface area contributed by atoms with Gasteiger partial charge in [-0.05, 0) is 99.3 Å². The molecule has 0 spiro atoms. The van der Waals surface area contributed by atoms with E-state index in [1.165, 1.54) is 24.3 Å². The third kappa shape index (κ3) is 10.5. The van der Waals surface area contributed by atoms with E-state index in [0.29, 0.717) is 50.1 Å². The maximum atomic E-state index is 10.3. The molecule has 6 N–H and O–H groups in total.